The van der Waals surface area contributed by atoms with Gasteiger partial charge in [-0.15, -0.1) is 0 Å². The predicted molar refractivity (Wildman–Crippen MR) is 319 cm³/mol. The molecule has 0 saturated carbocycles. The zero-order valence-corrected chi connectivity index (χ0v) is 52.3. The minimum absolute atomic E-state index is 0.0148. The first kappa shape index (κ1) is 69.1. The van der Waals surface area contributed by atoms with Gasteiger partial charge in [-0.2, -0.15) is 8.61 Å². The Labute approximate surface area is 497 Å². The van der Waals surface area contributed by atoms with Crippen LogP contribution in [0.15, 0.2) is 119 Å². The number of methoxy groups -OCH3 is 2. The molecule has 22 heteroatoms. The Bertz CT molecular complexity index is 2900. The molecule has 4 aromatic carbocycles. The summed E-state index contributed by atoms with van der Waals surface area (Å²) in [6.45, 7) is 17.9. The first-order valence-electron chi connectivity index (χ1n) is 28.5. The third-order valence-electron chi connectivity index (χ3n) is 14.4. The monoisotopic (exact) mass is 1210 g/mol. The lowest BCUT2D eigenvalue weighted by atomic mass is 9.86. The molecule has 466 valence electrons. The molecule has 0 aliphatic carbocycles. The Balaban J connectivity index is 0.000000308. The van der Waals surface area contributed by atoms with E-state index in [1.54, 1.807) is 45.0 Å². The van der Waals surface area contributed by atoms with E-state index in [1.165, 1.54) is 54.0 Å². The van der Waals surface area contributed by atoms with Crippen LogP contribution in [0.1, 0.15) is 106 Å². The normalized spacial score (nSPS) is 17.1. The van der Waals surface area contributed by atoms with Crippen LogP contribution in [0.3, 0.4) is 0 Å². The number of hydrogen-bond acceptors (Lipinski definition) is 16. The Morgan fingerprint density at radius 1 is 0.643 bits per heavy atom. The van der Waals surface area contributed by atoms with Crippen LogP contribution in [-0.4, -0.2) is 162 Å². The van der Waals surface area contributed by atoms with Gasteiger partial charge in [-0.3, -0.25) is 0 Å². The number of nitrogens with one attached hydrogen (secondary N) is 2. The summed E-state index contributed by atoms with van der Waals surface area (Å²) >= 11 is 0. The zero-order valence-electron chi connectivity index (χ0n) is 50.7. The highest BCUT2D eigenvalue weighted by Crippen LogP contribution is 2.34. The molecule has 2 saturated heterocycles. The molecule has 4 N–H and O–H groups in total. The van der Waals surface area contributed by atoms with Gasteiger partial charge in [0.25, 0.3) is 0 Å². The molecule has 5 atom stereocenters. The number of ketones is 1. The second-order valence-electron chi connectivity index (χ2n) is 24.2. The number of rotatable bonds is 29. The molecule has 2 aliphatic rings. The van der Waals surface area contributed by atoms with Crippen LogP contribution >= 0.6 is 0 Å². The van der Waals surface area contributed by atoms with Crippen LogP contribution in [0.5, 0.6) is 11.5 Å². The van der Waals surface area contributed by atoms with Gasteiger partial charge in [0.1, 0.15) is 29.0 Å². The number of amides is 2. The molecule has 0 radical (unpaired) electrons. The van der Waals surface area contributed by atoms with Crippen molar-refractivity contribution in [3.63, 3.8) is 0 Å². The lowest BCUT2D eigenvalue weighted by Gasteiger charge is -2.36. The average molecular weight is 1210 g/mol. The second-order valence-corrected chi connectivity index (χ2v) is 28.1. The van der Waals surface area contributed by atoms with Crippen LogP contribution in [0.4, 0.5) is 9.59 Å². The topological polar surface area (TPSA) is 255 Å². The summed E-state index contributed by atoms with van der Waals surface area (Å²) in [5, 5.41) is 28.6. The molecule has 0 bridgehead atoms. The number of alkyl carbamates (subject to hydrolysis) is 2. The highest BCUT2D eigenvalue weighted by atomic mass is 32.2. The molecular weight excluding hydrogens is 1120 g/mol. The molecule has 2 amide bonds. The van der Waals surface area contributed by atoms with E-state index in [4.69, 9.17) is 33.2 Å². The van der Waals surface area contributed by atoms with Gasteiger partial charge in [0.2, 0.25) is 20.0 Å². The molecule has 6 rings (SSSR count). The summed E-state index contributed by atoms with van der Waals surface area (Å²) in [6.07, 6.45) is -1.23. The first-order valence-corrected chi connectivity index (χ1v) is 31.3. The van der Waals surface area contributed by atoms with Gasteiger partial charge in [-0.25, -0.2) is 26.4 Å². The van der Waals surface area contributed by atoms with E-state index in [0.717, 1.165) is 11.1 Å². The quantitative estimate of drug-likeness (QED) is 0.0399. The number of ether oxygens (including phenoxy) is 7. The number of sulfonamides is 2. The van der Waals surface area contributed by atoms with Crippen LogP contribution in [0.25, 0.3) is 0 Å². The van der Waals surface area contributed by atoms with Crippen LogP contribution < -0.4 is 20.1 Å². The van der Waals surface area contributed by atoms with Crippen LogP contribution in [0.2, 0.25) is 0 Å². The maximum absolute atomic E-state index is 14.1. The van der Waals surface area contributed by atoms with Gasteiger partial charge in [-0.05, 0) is 131 Å². The molecule has 2 aliphatic heterocycles. The van der Waals surface area contributed by atoms with E-state index < -0.39 is 78.7 Å². The largest absolute Gasteiger partial charge is 0.497 e. The SMILES string of the molecule is COc1ccc(S(=O)(=O)N(C[C@@H](O)[C@H](Cc2ccccc2)NC(=O)OC(C)(C)C)CC(C)(C)CCC2(C)OCCO2)cc1.COc1ccc(S(=O)(=O)N(C[C@@H](O)[C@H](Cc2ccccc2)NC(=O)OC2CCOC2)CC(C)(C)CCC(C)=O)cc1. The number of aliphatic hydroxyl groups is 2. The van der Waals surface area contributed by atoms with Crippen LogP contribution in [0, 0.1) is 10.8 Å². The highest BCUT2D eigenvalue weighted by molar-refractivity contribution is 7.89. The van der Waals surface area contributed by atoms with Gasteiger partial charge in [0.15, 0.2) is 5.79 Å². The number of hydrogen-bond donors (Lipinski definition) is 4. The maximum Gasteiger partial charge on any atom is 0.407 e. The maximum atomic E-state index is 14.1. The summed E-state index contributed by atoms with van der Waals surface area (Å²) < 4.78 is 96.6. The Hall–Kier alpha value is -5.69. The van der Waals surface area contributed by atoms with Crippen molar-refractivity contribution >= 4 is 38.0 Å². The summed E-state index contributed by atoms with van der Waals surface area (Å²) in [6, 6.07) is 29.2. The summed E-state index contributed by atoms with van der Waals surface area (Å²) in [7, 11) is -5.13. The van der Waals surface area contributed by atoms with Crippen molar-refractivity contribution in [3.05, 3.63) is 120 Å². The first-order chi connectivity index (χ1) is 39.4. The fourth-order valence-electron chi connectivity index (χ4n) is 9.56. The lowest BCUT2D eigenvalue weighted by Crippen LogP contribution is -2.52. The van der Waals surface area contributed by atoms with Gasteiger partial charge in [-0.1, -0.05) is 88.4 Å². The third-order valence-corrected chi connectivity index (χ3v) is 18.0. The van der Waals surface area contributed by atoms with Gasteiger partial charge in [0.05, 0.1) is 74.7 Å². The third kappa shape index (κ3) is 22.6. The summed E-state index contributed by atoms with van der Waals surface area (Å²) in [5.74, 6) is 0.339. The molecule has 2 fully saturated rings. The smallest absolute Gasteiger partial charge is 0.407 e. The number of carbonyl (C=O) groups is 3. The number of Topliss-reactive ketones (excluding diaryl/α,β-unsaturated/α-hetero) is 1. The van der Waals surface area contributed by atoms with Crippen LogP contribution in [-0.2, 0) is 61.4 Å². The number of nitrogens with zero attached hydrogens (tertiary/aromatic N) is 2. The molecular formula is C62H90N4O16S2. The predicted octanol–water partition coefficient (Wildman–Crippen LogP) is 8.32. The van der Waals surface area contributed by atoms with Crippen molar-refractivity contribution < 1.29 is 74.6 Å². The van der Waals surface area contributed by atoms with Gasteiger partial charge >= 0.3 is 12.2 Å². The van der Waals surface area contributed by atoms with E-state index in [9.17, 15) is 41.4 Å². The standard InChI is InChI=1S/C32H48N2O8S.C30H42N2O8S/c1-30(2,3)42-29(36)33-27(21-24-11-9-8-10-12-24)28(35)22-34(43(37,38)26-15-13-25(39-7)14-16-26)23-31(4,5)17-18-32(6)40-19-20-41-32;1-22(33)14-16-30(2,3)21-32(41(36,37)26-12-10-24(38-4)11-13-26)19-28(34)27(18-23-8-6-5-7-9-23)31-29(35)40-25-15-17-39-20-25/h8-16,27-28,35H,17-23H2,1-7H3,(H,33,36);5-13,25,27-28,34H,14-21H2,1-4H3,(H,31,35)/t27-,28+;25?,27-,28+/m00/s1. The molecule has 0 aromatic heterocycles. The number of aliphatic hydroxyl groups excluding tert-OH is 2. The van der Waals surface area contributed by atoms with E-state index in [1.807, 2.05) is 95.3 Å². The van der Waals surface area contributed by atoms with Gasteiger partial charge in [0, 0.05) is 45.4 Å². The van der Waals surface area contributed by atoms with Crippen molar-refractivity contribution in [3.8, 4) is 11.5 Å². The van der Waals surface area contributed by atoms with Crippen molar-refractivity contribution in [2.75, 3.05) is 66.8 Å². The summed E-state index contributed by atoms with van der Waals surface area (Å²) in [4.78, 5) is 37.4. The van der Waals surface area contributed by atoms with Gasteiger partial charge < -0.3 is 58.8 Å². The van der Waals surface area contributed by atoms with Crippen molar-refractivity contribution in [2.45, 2.75) is 159 Å². The van der Waals surface area contributed by atoms with Crippen molar-refractivity contribution in [2.24, 2.45) is 10.8 Å². The lowest BCUT2D eigenvalue weighted by molar-refractivity contribution is -0.151. The van der Waals surface area contributed by atoms with Crippen molar-refractivity contribution in [1.29, 1.82) is 0 Å². The molecule has 0 spiro atoms. The van der Waals surface area contributed by atoms with E-state index >= 15 is 0 Å². The Kier molecular flexibility index (Phi) is 25.6. The fraction of sp³-hybridized carbons (Fsp3) is 0.565. The fourth-order valence-corrected chi connectivity index (χ4v) is 12.9. The molecule has 4 aromatic rings. The minimum Gasteiger partial charge on any atom is -0.497 e. The van der Waals surface area contributed by atoms with Crippen molar-refractivity contribution in [1.82, 2.24) is 19.2 Å². The molecule has 2 heterocycles. The summed E-state index contributed by atoms with van der Waals surface area (Å²) in [5.41, 5.74) is -0.104. The minimum atomic E-state index is -4.07. The Morgan fingerprint density at radius 2 is 1.07 bits per heavy atom. The van der Waals surface area contributed by atoms with E-state index in [2.05, 4.69) is 10.6 Å². The highest BCUT2D eigenvalue weighted by Gasteiger charge is 2.39. The molecule has 84 heavy (non-hydrogen) atoms. The number of benzene rings is 4. The number of carbonyl (C=O) groups excluding carboxylic acids is 3. The average Bonchev–Trinajstić information content (AvgIpc) is 3.42. The Morgan fingerprint density at radius 3 is 1.46 bits per heavy atom. The zero-order chi connectivity index (χ0) is 61.9. The second kappa shape index (κ2) is 31.1. The molecule has 1 unspecified atom stereocenters. The molecule has 20 nitrogen and oxygen atoms in total. The van der Waals surface area contributed by atoms with E-state index in [-0.39, 0.29) is 60.7 Å². The van der Waals surface area contributed by atoms with E-state index in [0.29, 0.717) is 70.0 Å².